The van der Waals surface area contributed by atoms with Crippen LogP contribution in [0.2, 0.25) is 0 Å². The summed E-state index contributed by atoms with van der Waals surface area (Å²) in [6, 6.07) is 9.60. The van der Waals surface area contributed by atoms with E-state index in [1.807, 2.05) is 44.2 Å². The zero-order valence-corrected chi connectivity index (χ0v) is 12.1. The Morgan fingerprint density at radius 2 is 1.95 bits per heavy atom. The molecule has 0 aliphatic heterocycles. The number of carbonyl (C=O) groups is 1. The summed E-state index contributed by atoms with van der Waals surface area (Å²) in [5, 5.41) is 10.4. The van der Waals surface area contributed by atoms with E-state index in [4.69, 9.17) is 4.74 Å². The summed E-state index contributed by atoms with van der Waals surface area (Å²) in [6.45, 7) is 3.95. The number of hydrogen-bond acceptors (Lipinski definition) is 3. The molecule has 0 amide bonds. The van der Waals surface area contributed by atoms with Crippen LogP contribution in [0.4, 0.5) is 0 Å². The molecule has 1 aromatic rings. The Balaban J connectivity index is 2.53. The van der Waals surface area contributed by atoms with Gasteiger partial charge in [0.2, 0.25) is 0 Å². The van der Waals surface area contributed by atoms with Crippen LogP contribution in [0.15, 0.2) is 47.7 Å². The molecule has 0 aromatic heterocycles. The molecule has 1 aliphatic rings. The van der Waals surface area contributed by atoms with Crippen molar-refractivity contribution in [3.63, 3.8) is 0 Å². The predicted molar refractivity (Wildman–Crippen MR) is 79.3 cm³/mol. The van der Waals surface area contributed by atoms with E-state index < -0.39 is 5.60 Å². The second-order valence-electron chi connectivity index (χ2n) is 5.38. The van der Waals surface area contributed by atoms with Gasteiger partial charge in [-0.2, -0.15) is 0 Å². The van der Waals surface area contributed by atoms with E-state index in [1.165, 1.54) is 0 Å². The molecule has 0 heterocycles. The molecule has 0 spiro atoms. The van der Waals surface area contributed by atoms with Gasteiger partial charge >= 0.3 is 0 Å². The van der Waals surface area contributed by atoms with E-state index in [1.54, 1.807) is 13.2 Å². The van der Waals surface area contributed by atoms with E-state index in [-0.39, 0.29) is 11.7 Å². The molecule has 3 heteroatoms. The molecule has 0 radical (unpaired) electrons. The van der Waals surface area contributed by atoms with Crippen molar-refractivity contribution < 1.29 is 14.6 Å². The highest BCUT2D eigenvalue weighted by atomic mass is 16.5. The molecule has 2 rings (SSSR count). The van der Waals surface area contributed by atoms with Gasteiger partial charge in [0.1, 0.15) is 17.6 Å². The lowest BCUT2D eigenvalue weighted by molar-refractivity contribution is -0.106. The van der Waals surface area contributed by atoms with Crippen LogP contribution in [0.5, 0.6) is 0 Å². The second-order valence-corrected chi connectivity index (χ2v) is 5.38. The molecule has 1 atom stereocenters. The normalized spacial score (nSPS) is 22.9. The van der Waals surface area contributed by atoms with Crippen molar-refractivity contribution in [3.8, 4) is 0 Å². The summed E-state index contributed by atoms with van der Waals surface area (Å²) >= 11 is 0. The van der Waals surface area contributed by atoms with Gasteiger partial charge in [-0.15, -0.1) is 0 Å². The second kappa shape index (κ2) is 5.63. The minimum Gasteiger partial charge on any atom is -0.509 e. The Morgan fingerprint density at radius 3 is 2.45 bits per heavy atom. The number of aldehydes is 1. The minimum absolute atomic E-state index is 0.0658. The van der Waals surface area contributed by atoms with E-state index in [2.05, 4.69) is 0 Å². The van der Waals surface area contributed by atoms with E-state index in [0.717, 1.165) is 17.4 Å². The fourth-order valence-corrected chi connectivity index (χ4v) is 2.72. The summed E-state index contributed by atoms with van der Waals surface area (Å²) in [7, 11) is 1.57. The van der Waals surface area contributed by atoms with Crippen LogP contribution < -0.4 is 0 Å². The number of aliphatic hydroxyl groups is 1. The van der Waals surface area contributed by atoms with Crippen molar-refractivity contribution in [2.24, 2.45) is 5.92 Å². The van der Waals surface area contributed by atoms with Crippen molar-refractivity contribution in [3.05, 3.63) is 53.3 Å². The number of allylic oxidation sites excluding steroid dienone is 2. The summed E-state index contributed by atoms with van der Waals surface area (Å²) in [5.74, 6) is 0.246. The molecule has 20 heavy (non-hydrogen) atoms. The summed E-state index contributed by atoms with van der Waals surface area (Å²) in [5.41, 5.74) is 1.54. The fourth-order valence-electron chi connectivity index (χ4n) is 2.72. The molecule has 106 valence electrons. The van der Waals surface area contributed by atoms with Gasteiger partial charge in [0, 0.05) is 19.1 Å². The highest BCUT2D eigenvalue weighted by Gasteiger charge is 2.42. The smallest absolute Gasteiger partial charge is 0.146 e. The standard InChI is InChI=1S/C17H20O3/c1-12(2)17(20-3)10-14(11-18)15(9-16(17)19)13-7-5-4-6-8-13/h4-9,11-12,19H,10H2,1-3H3. The molecule has 1 N–H and O–H groups in total. The lowest BCUT2D eigenvalue weighted by atomic mass is 9.76. The monoisotopic (exact) mass is 272 g/mol. The average molecular weight is 272 g/mol. The highest BCUT2D eigenvalue weighted by Crippen LogP contribution is 2.41. The fraction of sp³-hybridized carbons (Fsp3) is 0.353. The van der Waals surface area contributed by atoms with Crippen LogP contribution in [0.3, 0.4) is 0 Å². The molecule has 1 aliphatic carbocycles. The molecule has 3 nitrogen and oxygen atoms in total. The average Bonchev–Trinajstić information content (AvgIpc) is 2.47. The van der Waals surface area contributed by atoms with Crippen molar-refractivity contribution in [1.82, 2.24) is 0 Å². The minimum atomic E-state index is -0.811. The molecule has 0 saturated carbocycles. The molecule has 0 fully saturated rings. The first kappa shape index (κ1) is 14.5. The maximum absolute atomic E-state index is 11.5. The number of rotatable bonds is 4. The summed E-state index contributed by atoms with van der Waals surface area (Å²) < 4.78 is 5.56. The van der Waals surface area contributed by atoms with Gasteiger partial charge in [-0.3, -0.25) is 4.79 Å². The van der Waals surface area contributed by atoms with E-state index in [9.17, 15) is 9.90 Å². The first-order chi connectivity index (χ1) is 9.55. The highest BCUT2D eigenvalue weighted by molar-refractivity contribution is 5.93. The molecule has 1 aromatic carbocycles. The number of methoxy groups -OCH3 is 1. The first-order valence-corrected chi connectivity index (χ1v) is 6.75. The SMILES string of the molecule is COC1(C(C)C)CC(C=O)=C(c2ccccc2)C=C1O. The number of benzene rings is 1. The van der Waals surface area contributed by atoms with Gasteiger partial charge in [0.05, 0.1) is 0 Å². The molecule has 0 saturated heterocycles. The Bertz CT molecular complexity index is 555. The molecular formula is C17H20O3. The lowest BCUT2D eigenvalue weighted by Crippen LogP contribution is -2.42. The third-order valence-corrected chi connectivity index (χ3v) is 4.04. The van der Waals surface area contributed by atoms with Crippen LogP contribution in [0.1, 0.15) is 25.8 Å². The van der Waals surface area contributed by atoms with Crippen LogP contribution in [0, 0.1) is 5.92 Å². The Kier molecular flexibility index (Phi) is 4.09. The lowest BCUT2D eigenvalue weighted by Gasteiger charge is -2.38. The Labute approximate surface area is 119 Å². The van der Waals surface area contributed by atoms with Gasteiger partial charge in [0.15, 0.2) is 0 Å². The molecule has 1 unspecified atom stereocenters. The van der Waals surface area contributed by atoms with E-state index >= 15 is 0 Å². The van der Waals surface area contributed by atoms with Crippen molar-refractivity contribution >= 4 is 11.9 Å². The van der Waals surface area contributed by atoms with Crippen LogP contribution in [-0.4, -0.2) is 24.1 Å². The van der Waals surface area contributed by atoms with Crippen molar-refractivity contribution in [1.29, 1.82) is 0 Å². The number of ether oxygens (including phenoxy) is 1. The Morgan fingerprint density at radius 1 is 1.30 bits per heavy atom. The molecular weight excluding hydrogens is 252 g/mol. The van der Waals surface area contributed by atoms with Crippen molar-refractivity contribution in [2.75, 3.05) is 7.11 Å². The van der Waals surface area contributed by atoms with E-state index in [0.29, 0.717) is 12.0 Å². The van der Waals surface area contributed by atoms with Gasteiger partial charge in [0.25, 0.3) is 0 Å². The van der Waals surface area contributed by atoms with Crippen LogP contribution in [-0.2, 0) is 9.53 Å². The third-order valence-electron chi connectivity index (χ3n) is 4.04. The quantitative estimate of drug-likeness (QED) is 0.853. The van der Waals surface area contributed by atoms with Crippen molar-refractivity contribution in [2.45, 2.75) is 25.9 Å². The molecule has 0 bridgehead atoms. The summed E-state index contributed by atoms with van der Waals surface area (Å²) in [6.07, 6.45) is 2.91. The summed E-state index contributed by atoms with van der Waals surface area (Å²) in [4.78, 5) is 11.5. The number of carbonyl (C=O) groups excluding carboxylic acids is 1. The third kappa shape index (κ3) is 2.29. The van der Waals surface area contributed by atoms with Gasteiger partial charge in [-0.1, -0.05) is 44.2 Å². The topological polar surface area (TPSA) is 46.5 Å². The van der Waals surface area contributed by atoms with Gasteiger partial charge < -0.3 is 9.84 Å². The Hall–Kier alpha value is -1.87. The zero-order valence-electron chi connectivity index (χ0n) is 12.1. The number of hydrogen-bond donors (Lipinski definition) is 1. The first-order valence-electron chi connectivity index (χ1n) is 6.75. The largest absolute Gasteiger partial charge is 0.509 e. The van der Waals surface area contributed by atoms with Gasteiger partial charge in [-0.05, 0) is 23.1 Å². The predicted octanol–water partition coefficient (Wildman–Crippen LogP) is 3.53. The number of aliphatic hydroxyl groups excluding tert-OH is 1. The van der Waals surface area contributed by atoms with Gasteiger partial charge in [-0.25, -0.2) is 0 Å². The van der Waals surface area contributed by atoms with Crippen LogP contribution >= 0.6 is 0 Å². The maximum atomic E-state index is 11.5. The zero-order chi connectivity index (χ0) is 14.8. The van der Waals surface area contributed by atoms with Crippen LogP contribution in [0.25, 0.3) is 5.57 Å². The maximum Gasteiger partial charge on any atom is 0.146 e.